The van der Waals surface area contributed by atoms with Gasteiger partial charge in [-0.15, -0.1) is 0 Å². The number of carbonyl (C=O) groups excluding carboxylic acids is 2. The Kier molecular flexibility index (Phi) is 7.18. The molecule has 1 aromatic heterocycles. The number of nitrogens with zero attached hydrogens (tertiary/aromatic N) is 1. The van der Waals surface area contributed by atoms with Crippen LogP contribution in [0.25, 0.3) is 11.0 Å². The first-order valence-electron chi connectivity index (χ1n) is 13.1. The number of nitrogens with one attached hydrogen (secondary N) is 3. The van der Waals surface area contributed by atoms with Crippen LogP contribution in [0.5, 0.6) is 0 Å². The van der Waals surface area contributed by atoms with Gasteiger partial charge in [0.05, 0.1) is 11.9 Å². The molecule has 1 fully saturated rings. The first kappa shape index (κ1) is 25.9. The topological polar surface area (TPSA) is 160 Å². The predicted octanol–water partition coefficient (Wildman–Crippen LogP) is 2.30. The van der Waals surface area contributed by atoms with Crippen LogP contribution in [0, 0.1) is 5.92 Å². The van der Waals surface area contributed by atoms with Crippen LogP contribution in [0.4, 0.5) is 5.82 Å². The standard InChI is InChI=1S/C28H33N5O5/c29-25-22-11-10-18(12-23(22)38-32-25)15-30-26(37)27(13-19-6-4-5-7-20(19)14-27)33-28(17-34,31-16-24(35)36)21-8-2-1-3-9-21/h4-7,10-12,17,21,31,33H,1-3,8-9,13-16H2,(H2,29,32)(H,30,37)(H,35,36)/t28-/m0/s1. The van der Waals surface area contributed by atoms with Gasteiger partial charge >= 0.3 is 5.97 Å². The minimum Gasteiger partial charge on any atom is -0.480 e. The Balaban J connectivity index is 1.44. The van der Waals surface area contributed by atoms with Crippen molar-refractivity contribution in [2.24, 2.45) is 5.92 Å². The Bertz CT molecular complexity index is 1320. The summed E-state index contributed by atoms with van der Waals surface area (Å²) in [5, 5.41) is 23.4. The number of carboxylic acids is 1. The number of aldehydes is 1. The quantitative estimate of drug-likeness (QED) is 0.200. The van der Waals surface area contributed by atoms with Gasteiger partial charge < -0.3 is 20.7 Å². The zero-order valence-electron chi connectivity index (χ0n) is 21.2. The Morgan fingerprint density at radius 2 is 1.84 bits per heavy atom. The van der Waals surface area contributed by atoms with Crippen molar-refractivity contribution in [2.45, 2.75) is 62.7 Å². The monoisotopic (exact) mass is 519 g/mol. The van der Waals surface area contributed by atoms with Crippen LogP contribution in [-0.4, -0.2) is 46.2 Å². The highest BCUT2D eigenvalue weighted by atomic mass is 16.5. The van der Waals surface area contributed by atoms with Crippen molar-refractivity contribution < 1.29 is 24.0 Å². The maximum atomic E-state index is 14.0. The molecule has 0 saturated heterocycles. The van der Waals surface area contributed by atoms with Gasteiger partial charge in [-0.3, -0.25) is 25.0 Å². The number of aliphatic carboxylic acids is 1. The van der Waals surface area contributed by atoms with E-state index in [0.717, 1.165) is 55.1 Å². The van der Waals surface area contributed by atoms with E-state index in [-0.39, 0.29) is 18.4 Å². The van der Waals surface area contributed by atoms with E-state index >= 15 is 0 Å². The molecule has 0 unspecified atom stereocenters. The number of carboxylic acid groups (broad SMARTS) is 1. The Hall–Kier alpha value is -3.76. The van der Waals surface area contributed by atoms with E-state index in [4.69, 9.17) is 10.3 Å². The molecule has 0 aliphatic heterocycles. The summed E-state index contributed by atoms with van der Waals surface area (Å²) in [5.41, 5.74) is 6.71. The zero-order valence-corrected chi connectivity index (χ0v) is 21.2. The summed E-state index contributed by atoms with van der Waals surface area (Å²) < 4.78 is 5.26. The molecule has 0 spiro atoms. The fourth-order valence-electron chi connectivity index (χ4n) is 6.02. The molecule has 2 aliphatic rings. The van der Waals surface area contributed by atoms with Crippen LogP contribution < -0.4 is 21.7 Å². The zero-order chi connectivity index (χ0) is 26.8. The normalized spacial score (nSPS) is 18.5. The van der Waals surface area contributed by atoms with E-state index in [1.54, 1.807) is 12.1 Å². The minimum absolute atomic E-state index is 0.138. The summed E-state index contributed by atoms with van der Waals surface area (Å²) in [6.45, 7) is -0.164. The lowest BCUT2D eigenvalue weighted by atomic mass is 9.78. The number of rotatable bonds is 10. The number of amides is 1. The summed E-state index contributed by atoms with van der Waals surface area (Å²) in [5.74, 6) is -1.15. The summed E-state index contributed by atoms with van der Waals surface area (Å²) in [6, 6.07) is 13.3. The van der Waals surface area contributed by atoms with Crippen LogP contribution in [0.1, 0.15) is 48.8 Å². The van der Waals surface area contributed by atoms with Crippen molar-refractivity contribution >= 4 is 34.9 Å². The molecule has 1 saturated carbocycles. The number of anilines is 1. The molecular weight excluding hydrogens is 486 g/mol. The van der Waals surface area contributed by atoms with Gasteiger partial charge in [-0.25, -0.2) is 0 Å². The lowest BCUT2D eigenvalue weighted by Crippen LogP contribution is -2.73. The van der Waals surface area contributed by atoms with Crippen LogP contribution in [0.3, 0.4) is 0 Å². The number of carbonyl (C=O) groups is 3. The average Bonchev–Trinajstić information content (AvgIpc) is 3.50. The molecule has 200 valence electrons. The van der Waals surface area contributed by atoms with Gasteiger partial charge in [0.1, 0.15) is 11.2 Å². The van der Waals surface area contributed by atoms with Gasteiger partial charge in [0.15, 0.2) is 17.7 Å². The SMILES string of the molecule is Nc1noc2cc(CNC(=O)C3(N[C@](C=O)(NCC(=O)O)C4CCCCC4)Cc4ccccc4C3)ccc12. The second-order valence-electron chi connectivity index (χ2n) is 10.5. The number of hydrogen-bond acceptors (Lipinski definition) is 8. The summed E-state index contributed by atoms with van der Waals surface area (Å²) >= 11 is 0. The average molecular weight is 520 g/mol. The lowest BCUT2D eigenvalue weighted by Gasteiger charge is -2.45. The van der Waals surface area contributed by atoms with Crippen molar-refractivity contribution in [3.05, 3.63) is 59.2 Å². The third kappa shape index (κ3) is 5.01. The van der Waals surface area contributed by atoms with Crippen molar-refractivity contribution in [2.75, 3.05) is 12.3 Å². The molecule has 1 amide bonds. The molecule has 6 N–H and O–H groups in total. The molecule has 3 aromatic rings. The highest BCUT2D eigenvalue weighted by Gasteiger charge is 2.51. The third-order valence-corrected chi connectivity index (χ3v) is 7.97. The molecule has 0 radical (unpaired) electrons. The highest BCUT2D eigenvalue weighted by Crippen LogP contribution is 2.36. The van der Waals surface area contributed by atoms with E-state index in [0.29, 0.717) is 29.6 Å². The predicted molar refractivity (Wildman–Crippen MR) is 141 cm³/mol. The number of aromatic nitrogens is 1. The van der Waals surface area contributed by atoms with E-state index in [9.17, 15) is 19.5 Å². The maximum Gasteiger partial charge on any atom is 0.317 e. The smallest absolute Gasteiger partial charge is 0.317 e. The van der Waals surface area contributed by atoms with E-state index in [1.165, 1.54) is 0 Å². The van der Waals surface area contributed by atoms with Crippen molar-refractivity contribution in [3.63, 3.8) is 0 Å². The summed E-state index contributed by atoms with van der Waals surface area (Å²) in [6.07, 6.45) is 6.03. The number of benzene rings is 2. The number of hydrogen-bond donors (Lipinski definition) is 5. The van der Waals surface area contributed by atoms with E-state index < -0.39 is 23.7 Å². The first-order chi connectivity index (χ1) is 18.3. The summed E-state index contributed by atoms with van der Waals surface area (Å²) in [7, 11) is 0. The Morgan fingerprint density at radius 3 is 2.50 bits per heavy atom. The molecular formula is C28H33N5O5. The second-order valence-corrected chi connectivity index (χ2v) is 10.5. The van der Waals surface area contributed by atoms with Crippen LogP contribution in [-0.2, 0) is 33.8 Å². The number of nitrogens with two attached hydrogens (primary N) is 1. The van der Waals surface area contributed by atoms with Crippen molar-refractivity contribution in [3.8, 4) is 0 Å². The molecule has 1 atom stereocenters. The van der Waals surface area contributed by atoms with E-state index in [2.05, 4.69) is 21.1 Å². The highest BCUT2D eigenvalue weighted by molar-refractivity contribution is 5.90. The Labute approximate surface area is 220 Å². The molecule has 2 aromatic carbocycles. The summed E-state index contributed by atoms with van der Waals surface area (Å²) in [4.78, 5) is 38.3. The van der Waals surface area contributed by atoms with Crippen LogP contribution >= 0.6 is 0 Å². The van der Waals surface area contributed by atoms with Gasteiger partial charge in [-0.05, 0) is 47.6 Å². The molecule has 38 heavy (non-hydrogen) atoms. The fraction of sp³-hybridized carbons (Fsp3) is 0.429. The van der Waals surface area contributed by atoms with Crippen LogP contribution in [0.2, 0.25) is 0 Å². The molecule has 10 heteroatoms. The van der Waals surface area contributed by atoms with Gasteiger partial charge in [-0.1, -0.05) is 54.8 Å². The van der Waals surface area contributed by atoms with Gasteiger partial charge in [-0.2, -0.15) is 0 Å². The van der Waals surface area contributed by atoms with Crippen molar-refractivity contribution in [1.82, 2.24) is 21.1 Å². The first-order valence-corrected chi connectivity index (χ1v) is 13.1. The fourth-order valence-corrected chi connectivity index (χ4v) is 6.02. The maximum absolute atomic E-state index is 14.0. The number of nitrogen functional groups attached to an aromatic ring is 1. The minimum atomic E-state index is -1.35. The molecule has 10 nitrogen and oxygen atoms in total. The molecule has 2 aliphatic carbocycles. The van der Waals surface area contributed by atoms with Crippen LogP contribution in [0.15, 0.2) is 47.0 Å². The van der Waals surface area contributed by atoms with Crippen molar-refractivity contribution in [1.29, 1.82) is 0 Å². The molecule has 1 heterocycles. The van der Waals surface area contributed by atoms with Gasteiger partial charge in [0.2, 0.25) is 5.91 Å². The van der Waals surface area contributed by atoms with Gasteiger partial charge in [0, 0.05) is 19.4 Å². The Morgan fingerprint density at radius 1 is 1.13 bits per heavy atom. The van der Waals surface area contributed by atoms with E-state index in [1.807, 2.05) is 30.3 Å². The molecule has 0 bridgehead atoms. The second kappa shape index (κ2) is 10.5. The third-order valence-electron chi connectivity index (χ3n) is 7.97. The molecule has 5 rings (SSSR count). The number of fused-ring (bicyclic) bond motifs is 2. The van der Waals surface area contributed by atoms with Gasteiger partial charge in [0.25, 0.3) is 0 Å². The lowest BCUT2D eigenvalue weighted by molar-refractivity contribution is -0.137. The largest absolute Gasteiger partial charge is 0.480 e.